The molecular formula is C23H32O4. The zero-order valence-electron chi connectivity index (χ0n) is 16.3. The molecule has 3 N–H and O–H groups in total. The van der Waals surface area contributed by atoms with Crippen molar-refractivity contribution in [1.82, 2.24) is 0 Å². The zero-order valence-corrected chi connectivity index (χ0v) is 16.3. The average molecular weight is 373 g/mol. The molecule has 2 aliphatic rings. The van der Waals surface area contributed by atoms with Crippen LogP contribution in [0.1, 0.15) is 52.4 Å². The Morgan fingerprint density at radius 2 is 2.19 bits per heavy atom. The van der Waals surface area contributed by atoms with Crippen LogP contribution in [-0.4, -0.2) is 33.5 Å². The van der Waals surface area contributed by atoms with Crippen LogP contribution >= 0.6 is 0 Å². The van der Waals surface area contributed by atoms with E-state index < -0.39 is 12.1 Å². The molecular weight excluding hydrogens is 340 g/mol. The number of allylic oxidation sites excluding steroid dienone is 4. The summed E-state index contributed by atoms with van der Waals surface area (Å²) in [6.45, 7) is 4.00. The summed E-state index contributed by atoms with van der Waals surface area (Å²) in [6, 6.07) is 0. The summed E-state index contributed by atoms with van der Waals surface area (Å²) >= 11 is 0. The highest BCUT2D eigenvalue weighted by Crippen LogP contribution is 2.47. The van der Waals surface area contributed by atoms with Crippen molar-refractivity contribution >= 4 is 5.97 Å². The molecule has 0 aromatic carbocycles. The minimum absolute atomic E-state index is 0.0553. The predicted molar refractivity (Wildman–Crippen MR) is 107 cm³/mol. The number of carboxylic acid groups (broad SMARTS) is 1. The highest BCUT2D eigenvalue weighted by Gasteiger charge is 2.43. The van der Waals surface area contributed by atoms with E-state index in [1.807, 2.05) is 38.2 Å². The Morgan fingerprint density at radius 3 is 2.89 bits per heavy atom. The van der Waals surface area contributed by atoms with Crippen LogP contribution in [0.4, 0.5) is 0 Å². The largest absolute Gasteiger partial charge is 0.481 e. The van der Waals surface area contributed by atoms with E-state index in [1.54, 1.807) is 0 Å². The van der Waals surface area contributed by atoms with Gasteiger partial charge in [-0.25, -0.2) is 0 Å². The van der Waals surface area contributed by atoms with Crippen molar-refractivity contribution in [2.24, 2.45) is 23.7 Å². The number of aliphatic carboxylic acids is 1. The average Bonchev–Trinajstić information content (AvgIpc) is 3.13. The molecule has 0 saturated heterocycles. The highest BCUT2D eigenvalue weighted by atomic mass is 16.4. The fourth-order valence-corrected chi connectivity index (χ4v) is 4.02. The van der Waals surface area contributed by atoms with Crippen LogP contribution in [0.3, 0.4) is 0 Å². The second-order valence-electron chi connectivity index (χ2n) is 7.75. The van der Waals surface area contributed by atoms with Gasteiger partial charge in [0.2, 0.25) is 0 Å². The SMILES string of the molecule is CCC#CCC(C)[C@H](O)C=C[C@H]1[C@H]2CC(C=CCCC(=O)O)=C[C@H]2C[C@H]1O. The minimum atomic E-state index is -0.779. The molecule has 0 radical (unpaired) electrons. The van der Waals surface area contributed by atoms with Gasteiger partial charge in [0, 0.05) is 25.2 Å². The molecule has 4 nitrogen and oxygen atoms in total. The molecule has 0 aliphatic heterocycles. The molecule has 1 saturated carbocycles. The quantitative estimate of drug-likeness (QED) is 0.448. The standard InChI is InChI=1S/C23H32O4/c1-3-4-5-8-16(2)21(24)12-11-19-20-14-17(9-6-7-10-23(26)27)13-18(20)15-22(19)25/h6,9,11-13,16,18-22,24-25H,3,7-8,10,14-15H2,1-2H3,(H,26,27)/t16?,18-,19-,20-,21+,22+/m0/s1. The summed E-state index contributed by atoms with van der Waals surface area (Å²) in [5.41, 5.74) is 1.23. The third-order valence-electron chi connectivity index (χ3n) is 5.60. The predicted octanol–water partition coefficient (Wildman–Crippen LogP) is 3.71. The maximum Gasteiger partial charge on any atom is 0.303 e. The van der Waals surface area contributed by atoms with Crippen molar-refractivity contribution in [3.8, 4) is 11.8 Å². The lowest BCUT2D eigenvalue weighted by Gasteiger charge is -2.19. The first-order valence-electron chi connectivity index (χ1n) is 10.0. The van der Waals surface area contributed by atoms with Crippen molar-refractivity contribution in [2.75, 3.05) is 0 Å². The Bertz CT molecular complexity index is 649. The van der Waals surface area contributed by atoms with E-state index in [-0.39, 0.29) is 24.4 Å². The number of carboxylic acids is 1. The number of aliphatic hydroxyl groups is 2. The zero-order chi connectivity index (χ0) is 19.8. The van der Waals surface area contributed by atoms with E-state index >= 15 is 0 Å². The van der Waals surface area contributed by atoms with Gasteiger partial charge in [-0.05, 0) is 37.0 Å². The van der Waals surface area contributed by atoms with Gasteiger partial charge in [0.15, 0.2) is 0 Å². The summed E-state index contributed by atoms with van der Waals surface area (Å²) in [5.74, 6) is 6.18. The van der Waals surface area contributed by atoms with Gasteiger partial charge >= 0.3 is 5.97 Å². The van der Waals surface area contributed by atoms with E-state index in [1.165, 1.54) is 5.57 Å². The number of hydrogen-bond acceptors (Lipinski definition) is 3. The van der Waals surface area contributed by atoms with Crippen LogP contribution < -0.4 is 0 Å². The molecule has 0 amide bonds. The van der Waals surface area contributed by atoms with Crippen LogP contribution in [0.5, 0.6) is 0 Å². The first kappa shape index (κ1) is 21.5. The summed E-state index contributed by atoms with van der Waals surface area (Å²) in [4.78, 5) is 10.6. The van der Waals surface area contributed by atoms with Gasteiger partial charge in [-0.1, -0.05) is 49.8 Å². The van der Waals surface area contributed by atoms with Gasteiger partial charge < -0.3 is 15.3 Å². The van der Waals surface area contributed by atoms with Gasteiger partial charge in [-0.3, -0.25) is 4.79 Å². The maximum absolute atomic E-state index is 10.6. The number of aliphatic hydroxyl groups excluding tert-OH is 2. The normalized spacial score (nSPS) is 29.4. The lowest BCUT2D eigenvalue weighted by atomic mass is 9.88. The van der Waals surface area contributed by atoms with E-state index in [0.29, 0.717) is 24.7 Å². The van der Waals surface area contributed by atoms with Crippen molar-refractivity contribution < 1.29 is 20.1 Å². The Balaban J connectivity index is 1.89. The number of rotatable bonds is 8. The summed E-state index contributed by atoms with van der Waals surface area (Å²) in [5, 5.41) is 29.4. The maximum atomic E-state index is 10.6. The molecule has 0 heterocycles. The van der Waals surface area contributed by atoms with Gasteiger partial charge in [0.1, 0.15) is 0 Å². The van der Waals surface area contributed by atoms with E-state index in [0.717, 1.165) is 19.3 Å². The fraction of sp³-hybridized carbons (Fsp3) is 0.609. The first-order chi connectivity index (χ1) is 12.9. The van der Waals surface area contributed by atoms with Crippen molar-refractivity contribution in [1.29, 1.82) is 0 Å². The highest BCUT2D eigenvalue weighted by molar-refractivity contribution is 5.66. The Labute approximate surface area is 162 Å². The smallest absolute Gasteiger partial charge is 0.303 e. The van der Waals surface area contributed by atoms with E-state index in [2.05, 4.69) is 17.9 Å². The first-order valence-corrected chi connectivity index (χ1v) is 10.0. The van der Waals surface area contributed by atoms with Crippen molar-refractivity contribution in [3.05, 3.63) is 36.0 Å². The second kappa shape index (κ2) is 10.5. The molecule has 6 atom stereocenters. The third-order valence-corrected chi connectivity index (χ3v) is 5.60. The van der Waals surface area contributed by atoms with Gasteiger partial charge in [0.25, 0.3) is 0 Å². The molecule has 0 spiro atoms. The summed E-state index contributed by atoms with van der Waals surface area (Å²) in [6.07, 6.45) is 12.9. The minimum Gasteiger partial charge on any atom is -0.481 e. The topological polar surface area (TPSA) is 77.8 Å². The summed E-state index contributed by atoms with van der Waals surface area (Å²) < 4.78 is 0. The van der Waals surface area contributed by atoms with E-state index in [9.17, 15) is 15.0 Å². The fourth-order valence-electron chi connectivity index (χ4n) is 4.02. The van der Waals surface area contributed by atoms with Gasteiger partial charge in [0.05, 0.1) is 12.2 Å². The molecule has 0 aromatic heterocycles. The van der Waals surface area contributed by atoms with Crippen LogP contribution in [-0.2, 0) is 4.79 Å². The molecule has 2 aliphatic carbocycles. The lowest BCUT2D eigenvalue weighted by Crippen LogP contribution is -2.19. The second-order valence-corrected chi connectivity index (χ2v) is 7.75. The monoisotopic (exact) mass is 372 g/mol. The Hall–Kier alpha value is -1.83. The van der Waals surface area contributed by atoms with Crippen LogP contribution in [0, 0.1) is 35.5 Å². The Morgan fingerprint density at radius 1 is 1.41 bits per heavy atom. The molecule has 1 unspecified atom stereocenters. The molecule has 4 heteroatoms. The third kappa shape index (κ3) is 6.37. The van der Waals surface area contributed by atoms with Gasteiger partial charge in [-0.15, -0.1) is 11.8 Å². The van der Waals surface area contributed by atoms with E-state index in [4.69, 9.17) is 5.11 Å². The number of fused-ring (bicyclic) bond motifs is 1. The summed E-state index contributed by atoms with van der Waals surface area (Å²) in [7, 11) is 0. The molecule has 2 rings (SSSR count). The molecule has 0 bridgehead atoms. The number of hydrogen-bond donors (Lipinski definition) is 3. The lowest BCUT2D eigenvalue weighted by molar-refractivity contribution is -0.136. The molecule has 1 fully saturated rings. The molecule has 148 valence electrons. The molecule has 0 aromatic rings. The van der Waals surface area contributed by atoms with Crippen molar-refractivity contribution in [2.45, 2.75) is 64.6 Å². The van der Waals surface area contributed by atoms with Crippen LogP contribution in [0.2, 0.25) is 0 Å². The Kier molecular flexibility index (Phi) is 8.34. The van der Waals surface area contributed by atoms with Gasteiger partial charge in [-0.2, -0.15) is 0 Å². The van der Waals surface area contributed by atoms with Crippen LogP contribution in [0.25, 0.3) is 0 Å². The molecule has 27 heavy (non-hydrogen) atoms. The number of carbonyl (C=O) groups is 1. The van der Waals surface area contributed by atoms with Crippen LogP contribution in [0.15, 0.2) is 36.0 Å². The van der Waals surface area contributed by atoms with Crippen molar-refractivity contribution in [3.63, 3.8) is 0 Å².